The Bertz CT molecular complexity index is 372. The molecule has 1 aromatic rings. The van der Waals surface area contributed by atoms with Gasteiger partial charge in [-0.25, -0.2) is 0 Å². The molecular formula is C19H30. The van der Waals surface area contributed by atoms with Crippen LogP contribution in [0.5, 0.6) is 0 Å². The van der Waals surface area contributed by atoms with Crippen LogP contribution in [-0.2, 0) is 5.41 Å². The van der Waals surface area contributed by atoms with E-state index in [1.807, 2.05) is 0 Å². The topological polar surface area (TPSA) is 0 Å². The molecular weight excluding hydrogens is 228 g/mol. The molecule has 0 aromatic heterocycles. The fourth-order valence-corrected chi connectivity index (χ4v) is 4.04. The van der Waals surface area contributed by atoms with Gasteiger partial charge in [0.15, 0.2) is 0 Å². The summed E-state index contributed by atoms with van der Waals surface area (Å²) in [6.07, 6.45) is 11.1. The van der Waals surface area contributed by atoms with Crippen molar-refractivity contribution >= 4 is 0 Å². The Kier molecular flexibility index (Phi) is 4.71. The Morgan fingerprint density at radius 3 is 2.26 bits per heavy atom. The number of hydrogen-bond donors (Lipinski definition) is 0. The minimum Gasteiger partial charge on any atom is -0.0654 e. The van der Waals surface area contributed by atoms with Gasteiger partial charge < -0.3 is 0 Å². The molecule has 2 rings (SSSR count). The molecule has 1 fully saturated rings. The van der Waals surface area contributed by atoms with Gasteiger partial charge in [-0.1, -0.05) is 83.2 Å². The smallest absolute Gasteiger partial charge is 0.00215 e. The average Bonchev–Trinajstić information content (AvgIpc) is 2.88. The van der Waals surface area contributed by atoms with Gasteiger partial charge in [0.05, 0.1) is 0 Å². The van der Waals surface area contributed by atoms with Crippen LogP contribution in [0, 0.1) is 5.41 Å². The van der Waals surface area contributed by atoms with Crippen LogP contribution in [0.25, 0.3) is 0 Å². The highest BCUT2D eigenvalue weighted by atomic mass is 14.5. The van der Waals surface area contributed by atoms with Crippen molar-refractivity contribution in [3.63, 3.8) is 0 Å². The lowest BCUT2D eigenvalue weighted by molar-refractivity contribution is 0.144. The second kappa shape index (κ2) is 6.11. The van der Waals surface area contributed by atoms with Crippen molar-refractivity contribution < 1.29 is 0 Å². The first-order valence-corrected chi connectivity index (χ1v) is 8.18. The van der Waals surface area contributed by atoms with Gasteiger partial charge in [-0.2, -0.15) is 0 Å². The van der Waals surface area contributed by atoms with Gasteiger partial charge in [0.1, 0.15) is 0 Å². The van der Waals surface area contributed by atoms with Crippen LogP contribution < -0.4 is 0 Å². The molecule has 1 aliphatic carbocycles. The first kappa shape index (κ1) is 14.6. The van der Waals surface area contributed by atoms with Gasteiger partial charge >= 0.3 is 0 Å². The van der Waals surface area contributed by atoms with E-state index in [0.29, 0.717) is 10.8 Å². The maximum absolute atomic E-state index is 2.54. The number of unbranched alkanes of at least 4 members (excludes halogenated alkanes) is 2. The van der Waals surface area contributed by atoms with Gasteiger partial charge in [-0.3, -0.25) is 0 Å². The van der Waals surface area contributed by atoms with Gasteiger partial charge in [-0.15, -0.1) is 0 Å². The lowest BCUT2D eigenvalue weighted by atomic mass is 9.59. The van der Waals surface area contributed by atoms with E-state index in [2.05, 4.69) is 51.1 Å². The molecule has 0 nitrogen and oxygen atoms in total. The predicted octanol–water partition coefficient (Wildman–Crippen LogP) is 6.10. The molecule has 0 heteroatoms. The summed E-state index contributed by atoms with van der Waals surface area (Å²) in [7, 11) is 0. The zero-order valence-electron chi connectivity index (χ0n) is 13.0. The molecule has 1 atom stereocenters. The molecule has 0 aliphatic heterocycles. The van der Waals surface area contributed by atoms with E-state index in [9.17, 15) is 0 Å². The number of benzene rings is 1. The fourth-order valence-electron chi connectivity index (χ4n) is 4.04. The Labute approximate surface area is 119 Å². The van der Waals surface area contributed by atoms with Crippen LogP contribution in [0.15, 0.2) is 30.3 Å². The Balaban J connectivity index is 2.27. The van der Waals surface area contributed by atoms with Crippen molar-refractivity contribution in [1.82, 2.24) is 0 Å². The van der Waals surface area contributed by atoms with Crippen LogP contribution in [0.1, 0.15) is 77.7 Å². The molecule has 106 valence electrons. The number of hydrogen-bond acceptors (Lipinski definition) is 0. The lowest BCUT2D eigenvalue weighted by Crippen LogP contribution is -2.39. The standard InChI is InChI=1S/C19H30/c1-4-5-9-16-19(3,17-12-7-6-8-13-17)18(2)14-10-11-15-18/h6-8,12-13H,4-5,9-11,14-16H2,1-3H3/t19-/m1/s1. The minimum absolute atomic E-state index is 0.361. The van der Waals surface area contributed by atoms with Crippen molar-refractivity contribution in [3.05, 3.63) is 35.9 Å². The van der Waals surface area contributed by atoms with Crippen LogP contribution in [-0.4, -0.2) is 0 Å². The molecule has 1 aromatic carbocycles. The summed E-state index contributed by atoms with van der Waals surface area (Å²) in [6.45, 7) is 7.37. The zero-order valence-corrected chi connectivity index (χ0v) is 13.0. The molecule has 0 heterocycles. The molecule has 0 radical (unpaired) electrons. The van der Waals surface area contributed by atoms with Gasteiger partial charge in [0.2, 0.25) is 0 Å². The van der Waals surface area contributed by atoms with Crippen molar-refractivity contribution in [2.45, 2.75) is 77.6 Å². The molecule has 19 heavy (non-hydrogen) atoms. The van der Waals surface area contributed by atoms with Crippen LogP contribution in [0.3, 0.4) is 0 Å². The summed E-state index contributed by atoms with van der Waals surface area (Å²) in [5.41, 5.74) is 2.43. The fraction of sp³-hybridized carbons (Fsp3) is 0.684. The van der Waals surface area contributed by atoms with E-state index in [-0.39, 0.29) is 0 Å². The molecule has 0 amide bonds. The summed E-state index contributed by atoms with van der Waals surface area (Å²) in [5.74, 6) is 0. The van der Waals surface area contributed by atoms with Crippen molar-refractivity contribution in [2.24, 2.45) is 5.41 Å². The van der Waals surface area contributed by atoms with E-state index >= 15 is 0 Å². The highest BCUT2D eigenvalue weighted by Crippen LogP contribution is 2.54. The van der Waals surface area contributed by atoms with Crippen molar-refractivity contribution in [2.75, 3.05) is 0 Å². The highest BCUT2D eigenvalue weighted by molar-refractivity contribution is 5.28. The van der Waals surface area contributed by atoms with Crippen LogP contribution in [0.4, 0.5) is 0 Å². The van der Waals surface area contributed by atoms with Gasteiger partial charge in [-0.05, 0) is 35.7 Å². The molecule has 0 saturated heterocycles. The van der Waals surface area contributed by atoms with Crippen molar-refractivity contribution in [1.29, 1.82) is 0 Å². The SMILES string of the molecule is CCCCC[C@](C)(c1ccccc1)C1(C)CCCC1. The summed E-state index contributed by atoms with van der Waals surface area (Å²) >= 11 is 0. The first-order chi connectivity index (χ1) is 9.12. The third kappa shape index (κ3) is 2.88. The second-order valence-corrected chi connectivity index (χ2v) is 6.92. The monoisotopic (exact) mass is 258 g/mol. The van der Waals surface area contributed by atoms with Crippen LogP contribution in [0.2, 0.25) is 0 Å². The zero-order chi connectivity index (χ0) is 13.8. The summed E-state index contributed by atoms with van der Waals surface area (Å²) in [5, 5.41) is 0. The Morgan fingerprint density at radius 1 is 1.05 bits per heavy atom. The van der Waals surface area contributed by atoms with Crippen LogP contribution >= 0.6 is 0 Å². The second-order valence-electron chi connectivity index (χ2n) is 6.92. The third-order valence-electron chi connectivity index (χ3n) is 5.73. The molecule has 0 unspecified atom stereocenters. The lowest BCUT2D eigenvalue weighted by Gasteiger charge is -2.45. The third-order valence-corrected chi connectivity index (χ3v) is 5.73. The van der Waals surface area contributed by atoms with E-state index in [4.69, 9.17) is 0 Å². The minimum atomic E-state index is 0.361. The van der Waals surface area contributed by atoms with E-state index < -0.39 is 0 Å². The molecule has 1 saturated carbocycles. The molecule has 0 spiro atoms. The quantitative estimate of drug-likeness (QED) is 0.540. The summed E-state index contributed by atoms with van der Waals surface area (Å²) < 4.78 is 0. The van der Waals surface area contributed by atoms with Gasteiger partial charge in [0.25, 0.3) is 0 Å². The maximum atomic E-state index is 2.54. The van der Waals surface area contributed by atoms with Crippen molar-refractivity contribution in [3.8, 4) is 0 Å². The first-order valence-electron chi connectivity index (χ1n) is 8.18. The summed E-state index contributed by atoms with van der Waals surface area (Å²) in [4.78, 5) is 0. The van der Waals surface area contributed by atoms with E-state index in [1.54, 1.807) is 5.56 Å². The normalized spacial score (nSPS) is 21.2. The predicted molar refractivity (Wildman–Crippen MR) is 84.5 cm³/mol. The van der Waals surface area contributed by atoms with E-state index in [0.717, 1.165) is 0 Å². The molecule has 0 N–H and O–H groups in total. The Hall–Kier alpha value is -0.780. The molecule has 1 aliphatic rings. The highest BCUT2D eigenvalue weighted by Gasteiger charge is 2.46. The van der Waals surface area contributed by atoms with E-state index in [1.165, 1.54) is 51.4 Å². The average molecular weight is 258 g/mol. The summed E-state index contributed by atoms with van der Waals surface area (Å²) in [6, 6.07) is 11.3. The number of rotatable bonds is 6. The molecule has 0 bridgehead atoms. The Morgan fingerprint density at radius 2 is 1.68 bits per heavy atom. The van der Waals surface area contributed by atoms with Gasteiger partial charge in [0, 0.05) is 0 Å². The maximum Gasteiger partial charge on any atom is -0.00215 e. The largest absolute Gasteiger partial charge is 0.0654 e.